The number of halogens is 1. The van der Waals surface area contributed by atoms with Crippen LogP contribution in [0.3, 0.4) is 0 Å². The maximum absolute atomic E-state index is 5.32. The first-order valence-corrected chi connectivity index (χ1v) is 11.4. The summed E-state index contributed by atoms with van der Waals surface area (Å²) in [7, 11) is 1.66. The molecule has 0 atom stereocenters. The second kappa shape index (κ2) is 8.55. The van der Waals surface area contributed by atoms with E-state index in [9.17, 15) is 0 Å². The molecule has 0 saturated carbocycles. The van der Waals surface area contributed by atoms with Crippen LogP contribution in [0.2, 0.25) is 0 Å². The summed E-state index contributed by atoms with van der Waals surface area (Å²) >= 11 is 3.72. The standard InChI is InChI=1S/C23H25BrN6O2/c1-14-18(15(2)32-28-14)13-29-8-10-30(11-9-29)21-19(24)12-25-23-20(21)26-22(27-23)16-4-6-17(31-3)7-5-16/h4-7,12H,8-11,13H2,1-3H3,(H,25,26,27). The molecule has 0 radical (unpaired) electrons. The minimum absolute atomic E-state index is 0.715. The van der Waals surface area contributed by atoms with Gasteiger partial charge in [-0.2, -0.15) is 0 Å². The highest BCUT2D eigenvalue weighted by molar-refractivity contribution is 9.10. The SMILES string of the molecule is COc1ccc(-c2nc3ncc(Br)c(N4CCN(Cc5c(C)noc5C)CC4)c3[nH]2)cc1. The van der Waals surface area contributed by atoms with Crippen molar-refractivity contribution in [1.29, 1.82) is 0 Å². The number of hydrogen-bond donors (Lipinski definition) is 1. The topological polar surface area (TPSA) is 83.3 Å². The molecule has 1 aliphatic rings. The fourth-order valence-electron chi connectivity index (χ4n) is 4.20. The quantitative estimate of drug-likeness (QED) is 0.440. The Kier molecular flexibility index (Phi) is 5.60. The van der Waals surface area contributed by atoms with Gasteiger partial charge in [-0.15, -0.1) is 0 Å². The molecule has 5 rings (SSSR count). The lowest BCUT2D eigenvalue weighted by Crippen LogP contribution is -2.46. The highest BCUT2D eigenvalue weighted by atomic mass is 79.9. The van der Waals surface area contributed by atoms with E-state index >= 15 is 0 Å². The zero-order valence-electron chi connectivity index (χ0n) is 18.4. The van der Waals surface area contributed by atoms with E-state index in [4.69, 9.17) is 14.2 Å². The summed E-state index contributed by atoms with van der Waals surface area (Å²) in [5.74, 6) is 2.53. The minimum atomic E-state index is 0.715. The lowest BCUT2D eigenvalue weighted by Gasteiger charge is -2.36. The van der Waals surface area contributed by atoms with E-state index in [1.54, 1.807) is 7.11 Å². The number of nitrogens with one attached hydrogen (secondary N) is 1. The van der Waals surface area contributed by atoms with Gasteiger partial charge in [-0.25, -0.2) is 9.97 Å². The molecule has 1 saturated heterocycles. The van der Waals surface area contributed by atoms with Crippen LogP contribution < -0.4 is 9.64 Å². The molecule has 166 valence electrons. The molecule has 32 heavy (non-hydrogen) atoms. The van der Waals surface area contributed by atoms with Gasteiger partial charge in [0.1, 0.15) is 22.9 Å². The van der Waals surface area contributed by atoms with Gasteiger partial charge in [-0.3, -0.25) is 4.90 Å². The Morgan fingerprint density at radius 1 is 1.12 bits per heavy atom. The first-order chi connectivity index (χ1) is 15.5. The number of pyridine rings is 1. The highest BCUT2D eigenvalue weighted by Gasteiger charge is 2.24. The predicted molar refractivity (Wildman–Crippen MR) is 127 cm³/mol. The molecule has 3 aromatic heterocycles. The average Bonchev–Trinajstić information content (AvgIpc) is 3.38. The molecule has 0 spiro atoms. The van der Waals surface area contributed by atoms with E-state index in [0.29, 0.717) is 5.65 Å². The first-order valence-electron chi connectivity index (χ1n) is 10.6. The third-order valence-electron chi connectivity index (χ3n) is 6.06. The van der Waals surface area contributed by atoms with E-state index in [1.165, 1.54) is 5.56 Å². The Morgan fingerprint density at radius 3 is 2.53 bits per heavy atom. The lowest BCUT2D eigenvalue weighted by atomic mass is 10.1. The van der Waals surface area contributed by atoms with Gasteiger partial charge in [0.05, 0.1) is 23.0 Å². The summed E-state index contributed by atoms with van der Waals surface area (Å²) in [5.41, 5.74) is 5.95. The van der Waals surface area contributed by atoms with Crippen molar-refractivity contribution in [3.63, 3.8) is 0 Å². The van der Waals surface area contributed by atoms with Crippen molar-refractivity contribution in [2.75, 3.05) is 38.2 Å². The van der Waals surface area contributed by atoms with Gasteiger partial charge >= 0.3 is 0 Å². The number of imidazole rings is 1. The maximum Gasteiger partial charge on any atom is 0.180 e. The number of piperazine rings is 1. The Hall–Kier alpha value is -2.91. The number of fused-ring (bicyclic) bond motifs is 1. The van der Waals surface area contributed by atoms with Crippen LogP contribution in [0.25, 0.3) is 22.6 Å². The van der Waals surface area contributed by atoms with Crippen LogP contribution >= 0.6 is 15.9 Å². The summed E-state index contributed by atoms with van der Waals surface area (Å²) < 4.78 is 11.6. The third kappa shape index (κ3) is 3.86. The van der Waals surface area contributed by atoms with Crippen LogP contribution in [0.4, 0.5) is 5.69 Å². The van der Waals surface area contributed by atoms with Crippen molar-refractivity contribution in [3.05, 3.63) is 52.0 Å². The van der Waals surface area contributed by atoms with Crippen LogP contribution in [-0.2, 0) is 6.54 Å². The van der Waals surface area contributed by atoms with E-state index in [0.717, 1.165) is 77.0 Å². The Balaban J connectivity index is 1.38. The fourth-order valence-corrected chi connectivity index (χ4v) is 4.75. The number of aryl methyl sites for hydroxylation is 2. The second-order valence-corrected chi connectivity index (χ2v) is 8.89. The number of aromatic amines is 1. The number of ether oxygens (including phenoxy) is 1. The molecular formula is C23H25BrN6O2. The number of rotatable bonds is 5. The van der Waals surface area contributed by atoms with Crippen LogP contribution in [-0.4, -0.2) is 58.3 Å². The van der Waals surface area contributed by atoms with Gasteiger partial charge in [-0.1, -0.05) is 5.16 Å². The summed E-state index contributed by atoms with van der Waals surface area (Å²) in [4.78, 5) is 17.6. The third-order valence-corrected chi connectivity index (χ3v) is 6.64. The Labute approximate surface area is 194 Å². The number of benzene rings is 1. The lowest BCUT2D eigenvalue weighted by molar-refractivity contribution is 0.248. The molecular weight excluding hydrogens is 472 g/mol. The molecule has 0 bridgehead atoms. The molecule has 0 amide bonds. The average molecular weight is 497 g/mol. The van der Waals surface area contributed by atoms with Gasteiger partial charge in [0.15, 0.2) is 5.65 Å². The largest absolute Gasteiger partial charge is 0.497 e. The highest BCUT2D eigenvalue weighted by Crippen LogP contribution is 2.34. The molecule has 4 aromatic rings. The van der Waals surface area contributed by atoms with Gasteiger partial charge in [0.25, 0.3) is 0 Å². The number of anilines is 1. The number of H-pyrrole nitrogens is 1. The molecule has 8 nitrogen and oxygen atoms in total. The summed E-state index contributed by atoms with van der Waals surface area (Å²) in [6, 6.07) is 7.87. The van der Waals surface area contributed by atoms with Crippen molar-refractivity contribution < 1.29 is 9.26 Å². The molecule has 0 aliphatic carbocycles. The smallest absolute Gasteiger partial charge is 0.180 e. The van der Waals surface area contributed by atoms with Gasteiger partial charge in [0.2, 0.25) is 0 Å². The van der Waals surface area contributed by atoms with Crippen LogP contribution in [0.15, 0.2) is 39.5 Å². The molecule has 9 heteroatoms. The van der Waals surface area contributed by atoms with E-state index < -0.39 is 0 Å². The van der Waals surface area contributed by atoms with Crippen molar-refractivity contribution in [1.82, 2.24) is 25.0 Å². The second-order valence-electron chi connectivity index (χ2n) is 8.03. The Morgan fingerprint density at radius 2 is 1.88 bits per heavy atom. The minimum Gasteiger partial charge on any atom is -0.497 e. The van der Waals surface area contributed by atoms with E-state index in [1.807, 2.05) is 44.3 Å². The van der Waals surface area contributed by atoms with Gasteiger partial charge in [-0.05, 0) is 54.0 Å². The predicted octanol–water partition coefficient (Wildman–Crippen LogP) is 4.32. The van der Waals surface area contributed by atoms with Crippen molar-refractivity contribution in [3.8, 4) is 17.1 Å². The zero-order valence-corrected chi connectivity index (χ0v) is 19.9. The monoisotopic (exact) mass is 496 g/mol. The fraction of sp³-hybridized carbons (Fsp3) is 0.348. The number of hydrogen-bond acceptors (Lipinski definition) is 7. The van der Waals surface area contributed by atoms with Gasteiger partial charge < -0.3 is 19.1 Å². The van der Waals surface area contributed by atoms with Crippen LogP contribution in [0.1, 0.15) is 17.0 Å². The summed E-state index contributed by atoms with van der Waals surface area (Å²) in [5, 5.41) is 4.08. The normalized spacial score (nSPS) is 14.9. The number of methoxy groups -OCH3 is 1. The molecule has 1 aromatic carbocycles. The number of aromatic nitrogens is 4. The van der Waals surface area contributed by atoms with Gasteiger partial charge in [0, 0.05) is 50.0 Å². The van der Waals surface area contributed by atoms with Crippen LogP contribution in [0, 0.1) is 13.8 Å². The molecule has 1 aliphatic heterocycles. The molecule has 0 unspecified atom stereocenters. The van der Waals surface area contributed by atoms with E-state index in [-0.39, 0.29) is 0 Å². The van der Waals surface area contributed by atoms with Crippen molar-refractivity contribution in [2.24, 2.45) is 0 Å². The van der Waals surface area contributed by atoms with E-state index in [2.05, 4.69) is 40.9 Å². The first kappa shape index (κ1) is 21.0. The summed E-state index contributed by atoms with van der Waals surface area (Å²) in [6.45, 7) is 8.60. The number of nitrogens with zero attached hydrogens (tertiary/aromatic N) is 5. The van der Waals surface area contributed by atoms with Crippen LogP contribution in [0.5, 0.6) is 5.75 Å². The molecule has 1 fully saturated rings. The molecule has 4 heterocycles. The maximum atomic E-state index is 5.32. The molecule has 1 N–H and O–H groups in total. The van der Waals surface area contributed by atoms with Crippen molar-refractivity contribution in [2.45, 2.75) is 20.4 Å². The van der Waals surface area contributed by atoms with Crippen molar-refractivity contribution >= 4 is 32.8 Å². The zero-order chi connectivity index (χ0) is 22.2. The summed E-state index contributed by atoms with van der Waals surface area (Å²) in [6.07, 6.45) is 1.84. The Bertz CT molecular complexity index is 1220.